The van der Waals surface area contributed by atoms with E-state index < -0.39 is 30.4 Å². The molecule has 0 aromatic heterocycles. The molecule has 2 nitrogen and oxygen atoms in total. The van der Waals surface area contributed by atoms with Crippen LogP contribution in [0.25, 0.3) is 0 Å². The van der Waals surface area contributed by atoms with Crippen LogP contribution < -0.4 is 0 Å². The SMILES string of the molecule is CN(Cc1ccc(C(F)(F)F)cc1)C(=O)C(F)(F)F. The van der Waals surface area contributed by atoms with Crippen LogP contribution in [0.1, 0.15) is 11.1 Å². The lowest BCUT2D eigenvalue weighted by Crippen LogP contribution is -2.37. The molecule has 1 rings (SSSR count). The molecular weight excluding hydrogens is 276 g/mol. The van der Waals surface area contributed by atoms with Gasteiger partial charge < -0.3 is 4.90 Å². The van der Waals surface area contributed by atoms with Gasteiger partial charge in [-0.15, -0.1) is 0 Å². The Bertz CT molecular complexity index is 448. The van der Waals surface area contributed by atoms with Gasteiger partial charge in [0.1, 0.15) is 0 Å². The van der Waals surface area contributed by atoms with E-state index in [0.29, 0.717) is 4.90 Å². The molecule has 0 spiro atoms. The maximum Gasteiger partial charge on any atom is 0.471 e. The van der Waals surface area contributed by atoms with E-state index in [4.69, 9.17) is 0 Å². The lowest BCUT2D eigenvalue weighted by molar-refractivity contribution is -0.184. The second-order valence-electron chi connectivity index (χ2n) is 3.85. The Morgan fingerprint density at radius 3 is 1.89 bits per heavy atom. The summed E-state index contributed by atoms with van der Waals surface area (Å²) in [5, 5.41) is 0. The van der Waals surface area contributed by atoms with E-state index in [1.807, 2.05) is 0 Å². The second kappa shape index (κ2) is 5.10. The van der Waals surface area contributed by atoms with Crippen molar-refractivity contribution < 1.29 is 31.1 Å². The standard InChI is InChI=1S/C11H9F6NO/c1-18(9(19)11(15,16)17)6-7-2-4-8(5-3-7)10(12,13)14/h2-5H,6H2,1H3. The number of amides is 1. The molecule has 0 unspecified atom stereocenters. The topological polar surface area (TPSA) is 20.3 Å². The van der Waals surface area contributed by atoms with Crippen LogP contribution in [-0.2, 0) is 17.5 Å². The van der Waals surface area contributed by atoms with Gasteiger partial charge in [-0.05, 0) is 17.7 Å². The first kappa shape index (κ1) is 15.3. The minimum Gasteiger partial charge on any atom is -0.334 e. The second-order valence-corrected chi connectivity index (χ2v) is 3.85. The van der Waals surface area contributed by atoms with Gasteiger partial charge in [-0.3, -0.25) is 4.79 Å². The molecule has 0 bridgehead atoms. The minimum atomic E-state index is -5.00. The Morgan fingerprint density at radius 2 is 1.53 bits per heavy atom. The zero-order valence-corrected chi connectivity index (χ0v) is 9.64. The monoisotopic (exact) mass is 285 g/mol. The fourth-order valence-corrected chi connectivity index (χ4v) is 1.36. The average Bonchev–Trinajstić information content (AvgIpc) is 2.26. The number of benzene rings is 1. The van der Waals surface area contributed by atoms with E-state index in [9.17, 15) is 31.1 Å². The number of alkyl halides is 6. The van der Waals surface area contributed by atoms with Crippen LogP contribution in [0.4, 0.5) is 26.3 Å². The molecule has 19 heavy (non-hydrogen) atoms. The van der Waals surface area contributed by atoms with Crippen molar-refractivity contribution in [2.24, 2.45) is 0 Å². The Morgan fingerprint density at radius 1 is 1.05 bits per heavy atom. The molecule has 0 aliphatic carbocycles. The fourth-order valence-electron chi connectivity index (χ4n) is 1.36. The number of nitrogens with zero attached hydrogens (tertiary/aromatic N) is 1. The number of carbonyl (C=O) groups is 1. The molecule has 1 aromatic carbocycles. The third kappa shape index (κ3) is 4.15. The van der Waals surface area contributed by atoms with Crippen LogP contribution in [0.3, 0.4) is 0 Å². The van der Waals surface area contributed by atoms with E-state index >= 15 is 0 Å². The van der Waals surface area contributed by atoms with Crippen LogP contribution in [0, 0.1) is 0 Å². The summed E-state index contributed by atoms with van der Waals surface area (Å²) in [6.45, 7) is -0.420. The molecule has 0 radical (unpaired) electrons. The van der Waals surface area contributed by atoms with Gasteiger partial charge in [0.25, 0.3) is 0 Å². The Balaban J connectivity index is 2.77. The Kier molecular flexibility index (Phi) is 4.12. The molecule has 8 heteroatoms. The van der Waals surface area contributed by atoms with E-state index in [1.54, 1.807) is 0 Å². The highest BCUT2D eigenvalue weighted by Crippen LogP contribution is 2.29. The average molecular weight is 285 g/mol. The molecule has 0 heterocycles. The van der Waals surface area contributed by atoms with Gasteiger partial charge in [-0.2, -0.15) is 26.3 Å². The zero-order valence-electron chi connectivity index (χ0n) is 9.64. The lowest BCUT2D eigenvalue weighted by atomic mass is 10.1. The van der Waals surface area contributed by atoms with Gasteiger partial charge >= 0.3 is 18.3 Å². The maximum absolute atomic E-state index is 12.3. The highest BCUT2D eigenvalue weighted by molar-refractivity contribution is 5.81. The van der Waals surface area contributed by atoms with Gasteiger partial charge in [0, 0.05) is 13.6 Å². The molecule has 0 saturated heterocycles. The van der Waals surface area contributed by atoms with Gasteiger partial charge in [0.05, 0.1) is 5.56 Å². The minimum absolute atomic E-state index is 0.174. The predicted octanol–water partition coefficient (Wildman–Crippen LogP) is 3.23. The van der Waals surface area contributed by atoms with Crippen molar-refractivity contribution in [3.63, 3.8) is 0 Å². The zero-order chi connectivity index (χ0) is 14.8. The third-order valence-corrected chi connectivity index (χ3v) is 2.29. The first-order valence-electron chi connectivity index (χ1n) is 5.00. The van der Waals surface area contributed by atoms with Crippen molar-refractivity contribution in [3.8, 4) is 0 Å². The molecule has 0 atom stereocenters. The quantitative estimate of drug-likeness (QED) is 0.764. The fraction of sp³-hybridized carbons (Fsp3) is 0.364. The van der Waals surface area contributed by atoms with Crippen LogP contribution in [0.15, 0.2) is 24.3 Å². The molecule has 106 valence electrons. The van der Waals surface area contributed by atoms with Crippen molar-refractivity contribution >= 4 is 5.91 Å². The summed E-state index contributed by atoms with van der Waals surface area (Å²) >= 11 is 0. The van der Waals surface area contributed by atoms with Crippen molar-refractivity contribution in [1.29, 1.82) is 0 Å². The first-order valence-corrected chi connectivity index (χ1v) is 5.00. The smallest absolute Gasteiger partial charge is 0.334 e. The van der Waals surface area contributed by atoms with Crippen LogP contribution in [0.2, 0.25) is 0 Å². The van der Waals surface area contributed by atoms with Crippen LogP contribution >= 0.6 is 0 Å². The van der Waals surface area contributed by atoms with Gasteiger partial charge in [0.2, 0.25) is 0 Å². The molecule has 0 saturated carbocycles. The largest absolute Gasteiger partial charge is 0.471 e. The summed E-state index contributed by atoms with van der Waals surface area (Å²) in [5.41, 5.74) is -0.728. The van der Waals surface area contributed by atoms with Crippen LogP contribution in [0.5, 0.6) is 0 Å². The van der Waals surface area contributed by atoms with Gasteiger partial charge in [-0.25, -0.2) is 0 Å². The molecule has 0 N–H and O–H groups in total. The molecule has 0 aliphatic heterocycles. The van der Waals surface area contributed by atoms with E-state index in [-0.39, 0.29) is 5.56 Å². The molecule has 0 aliphatic rings. The summed E-state index contributed by atoms with van der Waals surface area (Å²) in [6.07, 6.45) is -9.51. The molecule has 1 aromatic rings. The van der Waals surface area contributed by atoms with Crippen molar-refractivity contribution in [1.82, 2.24) is 4.90 Å². The van der Waals surface area contributed by atoms with Gasteiger partial charge in [0.15, 0.2) is 0 Å². The van der Waals surface area contributed by atoms with Crippen molar-refractivity contribution in [2.75, 3.05) is 7.05 Å². The third-order valence-electron chi connectivity index (χ3n) is 2.29. The summed E-state index contributed by atoms with van der Waals surface area (Å²) in [7, 11) is 0.924. The summed E-state index contributed by atoms with van der Waals surface area (Å²) < 4.78 is 73.0. The highest BCUT2D eigenvalue weighted by atomic mass is 19.4. The Labute approximate surface area is 104 Å². The maximum atomic E-state index is 12.3. The number of hydrogen-bond donors (Lipinski definition) is 0. The van der Waals surface area contributed by atoms with Crippen molar-refractivity contribution in [2.45, 2.75) is 18.9 Å². The number of carbonyl (C=O) groups excluding carboxylic acids is 1. The lowest BCUT2D eigenvalue weighted by Gasteiger charge is -2.18. The first-order chi connectivity index (χ1) is 8.51. The predicted molar refractivity (Wildman–Crippen MR) is 54.0 cm³/mol. The van der Waals surface area contributed by atoms with E-state index in [0.717, 1.165) is 31.3 Å². The van der Waals surface area contributed by atoms with Gasteiger partial charge in [-0.1, -0.05) is 12.1 Å². The number of rotatable bonds is 2. The molecular formula is C11H9F6NO. The van der Waals surface area contributed by atoms with E-state index in [1.165, 1.54) is 0 Å². The summed E-state index contributed by atoms with van der Waals surface area (Å²) in [6, 6.07) is 3.56. The normalized spacial score (nSPS) is 12.4. The molecule has 0 fully saturated rings. The number of halogens is 6. The van der Waals surface area contributed by atoms with Crippen LogP contribution in [-0.4, -0.2) is 24.0 Å². The number of hydrogen-bond acceptors (Lipinski definition) is 1. The Hall–Kier alpha value is -1.73. The summed E-state index contributed by atoms with van der Waals surface area (Å²) in [4.78, 5) is 11.2. The van der Waals surface area contributed by atoms with Crippen molar-refractivity contribution in [3.05, 3.63) is 35.4 Å². The summed E-state index contributed by atoms with van der Waals surface area (Å²) in [5.74, 6) is -2.05. The highest BCUT2D eigenvalue weighted by Gasteiger charge is 2.41. The molecule has 1 amide bonds. The van der Waals surface area contributed by atoms with E-state index in [2.05, 4.69) is 0 Å².